The second-order valence-corrected chi connectivity index (χ2v) is 7.43. The van der Waals surface area contributed by atoms with Crippen molar-refractivity contribution in [2.75, 3.05) is 11.8 Å². The van der Waals surface area contributed by atoms with Gasteiger partial charge in [0, 0.05) is 0 Å². The predicted octanol–water partition coefficient (Wildman–Crippen LogP) is 4.58. The van der Waals surface area contributed by atoms with Gasteiger partial charge in [-0.3, -0.25) is 4.72 Å². The summed E-state index contributed by atoms with van der Waals surface area (Å²) in [5.41, 5.74) is -0.473. The molecule has 0 saturated heterocycles. The van der Waals surface area contributed by atoms with Crippen LogP contribution >= 0.6 is 0 Å². The van der Waals surface area contributed by atoms with E-state index >= 15 is 0 Å². The van der Waals surface area contributed by atoms with E-state index in [1.54, 1.807) is 13.8 Å². The van der Waals surface area contributed by atoms with Crippen molar-refractivity contribution in [3.8, 4) is 5.75 Å². The average molecular weight is 391 g/mol. The van der Waals surface area contributed by atoms with E-state index in [4.69, 9.17) is 4.74 Å². The number of ether oxygens (including phenoxy) is 1. The van der Waals surface area contributed by atoms with Crippen LogP contribution in [0.5, 0.6) is 5.75 Å². The molecule has 0 aliphatic carbocycles. The Hall–Kier alpha value is -2.29. The number of nitrogens with one attached hydrogen (secondary N) is 1. The summed E-state index contributed by atoms with van der Waals surface area (Å²) in [5.74, 6) is -0.707. The lowest BCUT2D eigenvalue weighted by Crippen LogP contribution is -2.17. The Morgan fingerprint density at radius 2 is 1.62 bits per heavy atom. The Morgan fingerprint density at radius 1 is 1.00 bits per heavy atom. The van der Waals surface area contributed by atoms with Gasteiger partial charge in [0.15, 0.2) is 0 Å². The molecule has 1 N–H and O–H groups in total. The van der Waals surface area contributed by atoms with Crippen molar-refractivity contribution in [1.82, 2.24) is 0 Å². The smallest absolute Gasteiger partial charge is 0.416 e. The molecule has 4 nitrogen and oxygen atoms in total. The van der Waals surface area contributed by atoms with Crippen LogP contribution in [0, 0.1) is 26.6 Å². The molecule has 0 aliphatic rings. The summed E-state index contributed by atoms with van der Waals surface area (Å²) in [6.07, 6.45) is -4.80. The van der Waals surface area contributed by atoms with E-state index in [1.165, 1.54) is 20.1 Å². The molecule has 2 rings (SSSR count). The Labute approximate surface area is 148 Å². The first-order chi connectivity index (χ1) is 11.9. The van der Waals surface area contributed by atoms with Crippen molar-refractivity contribution >= 4 is 15.7 Å². The number of aryl methyl sites for hydroxylation is 1. The second-order valence-electron chi connectivity index (χ2n) is 5.81. The zero-order valence-electron chi connectivity index (χ0n) is 14.5. The zero-order chi connectivity index (χ0) is 19.9. The van der Waals surface area contributed by atoms with Gasteiger partial charge in [0.25, 0.3) is 10.0 Å². The lowest BCUT2D eigenvalue weighted by Gasteiger charge is -2.17. The number of alkyl halides is 3. The third-order valence-corrected chi connectivity index (χ3v) is 5.61. The predicted molar refractivity (Wildman–Crippen MR) is 89.4 cm³/mol. The first-order valence-electron chi connectivity index (χ1n) is 7.42. The van der Waals surface area contributed by atoms with Crippen LogP contribution in [0.25, 0.3) is 0 Å². The third-order valence-electron chi connectivity index (χ3n) is 3.94. The van der Waals surface area contributed by atoms with Gasteiger partial charge in [0.05, 0.1) is 23.3 Å². The summed E-state index contributed by atoms with van der Waals surface area (Å²) in [6, 6.07) is 3.05. The highest BCUT2D eigenvalue weighted by molar-refractivity contribution is 7.92. The first-order valence-corrected chi connectivity index (χ1v) is 8.90. The van der Waals surface area contributed by atoms with Crippen LogP contribution in [0.4, 0.5) is 23.2 Å². The number of anilines is 1. The van der Waals surface area contributed by atoms with Crippen LogP contribution < -0.4 is 9.46 Å². The van der Waals surface area contributed by atoms with E-state index in [1.807, 2.05) is 4.72 Å². The van der Waals surface area contributed by atoms with Crippen molar-refractivity contribution < 1.29 is 30.7 Å². The maximum atomic E-state index is 13.5. The number of hydrogen-bond acceptors (Lipinski definition) is 3. The highest BCUT2D eigenvalue weighted by Gasteiger charge is 2.32. The van der Waals surface area contributed by atoms with Gasteiger partial charge >= 0.3 is 6.18 Å². The normalized spacial score (nSPS) is 12.2. The van der Waals surface area contributed by atoms with Gasteiger partial charge in [-0.25, -0.2) is 12.8 Å². The summed E-state index contributed by atoms with van der Waals surface area (Å²) < 4.78 is 84.6. The molecule has 0 atom stereocenters. The van der Waals surface area contributed by atoms with Gasteiger partial charge < -0.3 is 4.74 Å². The molecule has 0 aromatic heterocycles. The number of rotatable bonds is 4. The molecular weight excluding hydrogens is 374 g/mol. The molecule has 142 valence electrons. The van der Waals surface area contributed by atoms with E-state index in [-0.39, 0.29) is 4.90 Å². The molecule has 0 aliphatic heterocycles. The molecule has 0 bridgehead atoms. The van der Waals surface area contributed by atoms with E-state index in [9.17, 15) is 26.0 Å². The van der Waals surface area contributed by atoms with E-state index < -0.39 is 33.3 Å². The minimum absolute atomic E-state index is 0.0892. The Morgan fingerprint density at radius 3 is 2.15 bits per heavy atom. The highest BCUT2D eigenvalue weighted by Crippen LogP contribution is 2.34. The summed E-state index contributed by atoms with van der Waals surface area (Å²) in [4.78, 5) is -0.0892. The Balaban J connectivity index is 2.55. The lowest BCUT2D eigenvalue weighted by atomic mass is 10.1. The van der Waals surface area contributed by atoms with Crippen LogP contribution in [0.3, 0.4) is 0 Å². The minimum Gasteiger partial charge on any atom is -0.496 e. The van der Waals surface area contributed by atoms with Crippen LogP contribution in [-0.2, 0) is 16.2 Å². The van der Waals surface area contributed by atoms with Gasteiger partial charge in [-0.15, -0.1) is 0 Å². The fraction of sp³-hybridized carbons (Fsp3) is 0.294. The van der Waals surface area contributed by atoms with Gasteiger partial charge in [-0.1, -0.05) is 0 Å². The van der Waals surface area contributed by atoms with Crippen molar-refractivity contribution in [1.29, 1.82) is 0 Å². The molecular formula is C17H17F4NO3S. The first kappa shape index (κ1) is 20.0. The zero-order valence-corrected chi connectivity index (χ0v) is 15.3. The van der Waals surface area contributed by atoms with E-state index in [0.717, 1.165) is 0 Å². The van der Waals surface area contributed by atoms with E-state index in [2.05, 4.69) is 0 Å². The average Bonchev–Trinajstić information content (AvgIpc) is 2.48. The standard InChI is InChI=1S/C17H17F4NO3S/c1-9-5-15(25-4)10(2)11(3)16(9)26(23,24)22-14-7-12(17(19,20)21)6-13(18)8-14/h5-8,22H,1-4H3. The Bertz CT molecular complexity index is 953. The highest BCUT2D eigenvalue weighted by atomic mass is 32.2. The summed E-state index contributed by atoms with van der Waals surface area (Å²) in [5, 5.41) is 0. The quantitative estimate of drug-likeness (QED) is 0.777. The fourth-order valence-corrected chi connectivity index (χ4v) is 4.23. The molecule has 0 unspecified atom stereocenters. The molecule has 0 saturated carbocycles. The molecule has 9 heteroatoms. The van der Waals surface area contributed by atoms with Crippen LogP contribution in [0.1, 0.15) is 22.3 Å². The molecule has 0 amide bonds. The molecule has 0 heterocycles. The van der Waals surface area contributed by atoms with Crippen molar-refractivity contribution in [3.05, 3.63) is 52.3 Å². The van der Waals surface area contributed by atoms with Crippen LogP contribution in [-0.4, -0.2) is 15.5 Å². The largest absolute Gasteiger partial charge is 0.496 e. The molecule has 0 spiro atoms. The minimum atomic E-state index is -4.80. The van der Waals surface area contributed by atoms with Crippen molar-refractivity contribution in [2.45, 2.75) is 31.8 Å². The maximum absolute atomic E-state index is 13.5. The molecule has 0 radical (unpaired) electrons. The van der Waals surface area contributed by atoms with E-state index in [0.29, 0.717) is 40.6 Å². The van der Waals surface area contributed by atoms with Crippen LogP contribution in [0.2, 0.25) is 0 Å². The summed E-state index contributed by atoms with van der Waals surface area (Å²) in [6.45, 7) is 4.76. The van der Waals surface area contributed by atoms with Crippen molar-refractivity contribution in [2.24, 2.45) is 0 Å². The van der Waals surface area contributed by atoms with Gasteiger partial charge in [0.2, 0.25) is 0 Å². The molecule has 26 heavy (non-hydrogen) atoms. The SMILES string of the molecule is COc1cc(C)c(S(=O)(=O)Nc2cc(F)cc(C(F)(F)F)c2)c(C)c1C. The van der Waals surface area contributed by atoms with Gasteiger partial charge in [0.1, 0.15) is 11.6 Å². The number of methoxy groups -OCH3 is 1. The number of hydrogen-bond donors (Lipinski definition) is 1. The van der Waals surface area contributed by atoms with Gasteiger partial charge in [-0.2, -0.15) is 13.2 Å². The molecule has 2 aromatic rings. The Kier molecular flexibility index (Phi) is 5.23. The summed E-state index contributed by atoms with van der Waals surface area (Å²) in [7, 11) is -2.80. The number of benzene rings is 2. The molecule has 0 fully saturated rings. The van der Waals surface area contributed by atoms with Crippen LogP contribution in [0.15, 0.2) is 29.2 Å². The fourth-order valence-electron chi connectivity index (χ4n) is 2.67. The summed E-state index contributed by atoms with van der Waals surface area (Å²) >= 11 is 0. The number of halogens is 4. The molecule has 2 aromatic carbocycles. The topological polar surface area (TPSA) is 55.4 Å². The van der Waals surface area contributed by atoms with Crippen molar-refractivity contribution in [3.63, 3.8) is 0 Å². The monoisotopic (exact) mass is 391 g/mol. The second kappa shape index (κ2) is 6.79. The maximum Gasteiger partial charge on any atom is 0.416 e. The third kappa shape index (κ3) is 3.92. The number of sulfonamides is 1. The van der Waals surface area contributed by atoms with Gasteiger partial charge in [-0.05, 0) is 61.7 Å². The lowest BCUT2D eigenvalue weighted by molar-refractivity contribution is -0.137.